The quantitative estimate of drug-likeness (QED) is 0.512. The molecule has 0 aromatic heterocycles. The third-order valence-corrected chi connectivity index (χ3v) is 4.42. The summed E-state index contributed by atoms with van der Waals surface area (Å²) in [4.78, 5) is 23.4. The molecule has 4 heteroatoms. The molecule has 0 saturated heterocycles. The van der Waals surface area contributed by atoms with E-state index in [0.29, 0.717) is 12.8 Å². The topological polar surface area (TPSA) is 63.6 Å². The maximum Gasteiger partial charge on any atom is 0.310 e. The fourth-order valence-electron chi connectivity index (χ4n) is 3.09. The Balaban J connectivity index is 2.31. The van der Waals surface area contributed by atoms with Crippen molar-refractivity contribution in [1.82, 2.24) is 0 Å². The molecular formula is C17H30O4. The highest BCUT2D eigenvalue weighted by Crippen LogP contribution is 2.31. The Bertz CT molecular complexity index is 327. The van der Waals surface area contributed by atoms with E-state index in [1.165, 1.54) is 25.7 Å². The number of carbonyl (C=O) groups excluding carboxylic acids is 1. The van der Waals surface area contributed by atoms with Crippen LogP contribution in [0.25, 0.3) is 0 Å². The Morgan fingerprint density at radius 2 is 1.71 bits per heavy atom. The number of aliphatic carboxylic acids is 1. The van der Waals surface area contributed by atoms with Crippen molar-refractivity contribution in [3.05, 3.63) is 0 Å². The van der Waals surface area contributed by atoms with Crippen molar-refractivity contribution < 1.29 is 19.4 Å². The zero-order valence-corrected chi connectivity index (χ0v) is 13.5. The van der Waals surface area contributed by atoms with Gasteiger partial charge in [0.25, 0.3) is 0 Å². The standard InChI is InChI=1S/C17H30O4/c1-3-4-5-6-7-10-13(2)21-17(20)15-12-9-8-11-14(15)16(18)19/h13-15H,3-12H2,1-2H3,(H,18,19). The third kappa shape index (κ3) is 6.49. The lowest BCUT2D eigenvalue weighted by molar-refractivity contribution is -0.163. The lowest BCUT2D eigenvalue weighted by atomic mass is 9.79. The summed E-state index contributed by atoms with van der Waals surface area (Å²) in [5.41, 5.74) is 0. The molecule has 0 radical (unpaired) electrons. The number of carboxylic acids is 1. The summed E-state index contributed by atoms with van der Waals surface area (Å²) in [6.45, 7) is 4.10. The summed E-state index contributed by atoms with van der Waals surface area (Å²) < 4.78 is 5.47. The van der Waals surface area contributed by atoms with Gasteiger partial charge in [0.05, 0.1) is 17.9 Å². The molecule has 0 aliphatic heterocycles. The molecule has 21 heavy (non-hydrogen) atoms. The van der Waals surface area contributed by atoms with Crippen LogP contribution in [0.1, 0.15) is 78.1 Å². The van der Waals surface area contributed by atoms with Gasteiger partial charge >= 0.3 is 11.9 Å². The van der Waals surface area contributed by atoms with E-state index in [9.17, 15) is 14.7 Å². The first kappa shape index (κ1) is 18.0. The van der Waals surface area contributed by atoms with Gasteiger partial charge in [-0.3, -0.25) is 9.59 Å². The molecule has 1 aliphatic carbocycles. The molecule has 1 N–H and O–H groups in total. The average Bonchev–Trinajstić information content (AvgIpc) is 2.47. The van der Waals surface area contributed by atoms with E-state index < -0.39 is 17.8 Å². The first-order valence-corrected chi connectivity index (χ1v) is 8.49. The maximum absolute atomic E-state index is 12.2. The van der Waals surface area contributed by atoms with Crippen LogP contribution in [0.2, 0.25) is 0 Å². The van der Waals surface area contributed by atoms with E-state index in [1.54, 1.807) is 0 Å². The van der Waals surface area contributed by atoms with Crippen molar-refractivity contribution in [3.8, 4) is 0 Å². The van der Waals surface area contributed by atoms with E-state index in [2.05, 4.69) is 6.92 Å². The van der Waals surface area contributed by atoms with Crippen LogP contribution in [0.3, 0.4) is 0 Å². The van der Waals surface area contributed by atoms with Gasteiger partial charge in [-0.1, -0.05) is 45.4 Å². The molecule has 0 aromatic carbocycles. The molecule has 3 atom stereocenters. The summed E-state index contributed by atoms with van der Waals surface area (Å²) in [5, 5.41) is 9.21. The van der Waals surface area contributed by atoms with E-state index in [1.807, 2.05) is 6.92 Å². The third-order valence-electron chi connectivity index (χ3n) is 4.42. The zero-order valence-electron chi connectivity index (χ0n) is 13.5. The molecule has 1 saturated carbocycles. The summed E-state index contributed by atoms with van der Waals surface area (Å²) in [5.74, 6) is -2.16. The van der Waals surface area contributed by atoms with Crippen molar-refractivity contribution in [2.24, 2.45) is 11.8 Å². The number of carbonyl (C=O) groups is 2. The Morgan fingerprint density at radius 3 is 2.33 bits per heavy atom. The summed E-state index contributed by atoms with van der Waals surface area (Å²) in [6, 6.07) is 0. The molecule has 1 fully saturated rings. The predicted molar refractivity (Wildman–Crippen MR) is 82.0 cm³/mol. The molecule has 4 nitrogen and oxygen atoms in total. The molecule has 1 rings (SSSR count). The van der Waals surface area contributed by atoms with E-state index >= 15 is 0 Å². The van der Waals surface area contributed by atoms with Crippen LogP contribution in [0.4, 0.5) is 0 Å². The van der Waals surface area contributed by atoms with Crippen molar-refractivity contribution in [2.75, 3.05) is 0 Å². The lowest BCUT2D eigenvalue weighted by Gasteiger charge is -2.28. The van der Waals surface area contributed by atoms with Crippen LogP contribution < -0.4 is 0 Å². The highest BCUT2D eigenvalue weighted by molar-refractivity contribution is 5.81. The monoisotopic (exact) mass is 298 g/mol. The Labute approximate surface area is 128 Å². The fraction of sp³-hybridized carbons (Fsp3) is 0.882. The molecule has 1 aliphatic rings. The van der Waals surface area contributed by atoms with Gasteiger partial charge < -0.3 is 9.84 Å². The van der Waals surface area contributed by atoms with Crippen LogP contribution in [0.15, 0.2) is 0 Å². The summed E-state index contributed by atoms with van der Waals surface area (Å²) in [7, 11) is 0. The zero-order chi connectivity index (χ0) is 15.7. The van der Waals surface area contributed by atoms with Gasteiger partial charge in [0.2, 0.25) is 0 Å². The number of unbranched alkanes of at least 4 members (excludes halogenated alkanes) is 4. The first-order chi connectivity index (χ1) is 10.1. The van der Waals surface area contributed by atoms with Crippen molar-refractivity contribution in [3.63, 3.8) is 0 Å². The van der Waals surface area contributed by atoms with Gasteiger partial charge in [-0.15, -0.1) is 0 Å². The van der Waals surface area contributed by atoms with Gasteiger partial charge in [0.1, 0.15) is 0 Å². The van der Waals surface area contributed by atoms with Crippen LogP contribution >= 0.6 is 0 Å². The highest BCUT2D eigenvalue weighted by Gasteiger charge is 2.37. The normalized spacial score (nSPS) is 23.5. The van der Waals surface area contributed by atoms with Crippen LogP contribution in [-0.4, -0.2) is 23.1 Å². The van der Waals surface area contributed by atoms with Crippen LogP contribution in [-0.2, 0) is 14.3 Å². The second-order valence-corrected chi connectivity index (χ2v) is 6.29. The predicted octanol–water partition coefficient (Wildman–Crippen LogP) is 4.17. The number of hydrogen-bond acceptors (Lipinski definition) is 3. The fourth-order valence-corrected chi connectivity index (χ4v) is 3.09. The minimum atomic E-state index is -0.858. The smallest absolute Gasteiger partial charge is 0.310 e. The molecule has 122 valence electrons. The van der Waals surface area contributed by atoms with Crippen LogP contribution in [0, 0.1) is 11.8 Å². The average molecular weight is 298 g/mol. The number of ether oxygens (including phenoxy) is 1. The number of esters is 1. The van der Waals surface area contributed by atoms with Gasteiger partial charge in [-0.2, -0.15) is 0 Å². The molecule has 0 amide bonds. The van der Waals surface area contributed by atoms with E-state index in [4.69, 9.17) is 4.74 Å². The Morgan fingerprint density at radius 1 is 1.10 bits per heavy atom. The first-order valence-electron chi connectivity index (χ1n) is 8.49. The summed E-state index contributed by atoms with van der Waals surface area (Å²) >= 11 is 0. The van der Waals surface area contributed by atoms with Crippen molar-refractivity contribution in [2.45, 2.75) is 84.2 Å². The molecule has 3 unspecified atom stereocenters. The van der Waals surface area contributed by atoms with Crippen molar-refractivity contribution >= 4 is 11.9 Å². The van der Waals surface area contributed by atoms with Gasteiger partial charge in [-0.05, 0) is 32.6 Å². The summed E-state index contributed by atoms with van der Waals surface area (Å²) in [6.07, 6.45) is 9.82. The highest BCUT2D eigenvalue weighted by atomic mass is 16.5. The molecular weight excluding hydrogens is 268 g/mol. The second-order valence-electron chi connectivity index (χ2n) is 6.29. The Kier molecular flexibility index (Phi) is 8.40. The van der Waals surface area contributed by atoms with E-state index in [0.717, 1.165) is 25.7 Å². The van der Waals surface area contributed by atoms with Gasteiger partial charge in [0, 0.05) is 0 Å². The van der Waals surface area contributed by atoms with E-state index in [-0.39, 0.29) is 12.1 Å². The molecule has 0 heterocycles. The minimum Gasteiger partial charge on any atom is -0.481 e. The molecule has 0 bridgehead atoms. The number of hydrogen-bond donors (Lipinski definition) is 1. The molecule has 0 aromatic rings. The number of rotatable bonds is 9. The van der Waals surface area contributed by atoms with Gasteiger partial charge in [0.15, 0.2) is 0 Å². The second kappa shape index (κ2) is 9.80. The van der Waals surface area contributed by atoms with Crippen molar-refractivity contribution in [1.29, 1.82) is 0 Å². The Hall–Kier alpha value is -1.06. The molecule has 0 spiro atoms. The SMILES string of the molecule is CCCCCCCC(C)OC(=O)C1CCCCC1C(=O)O. The van der Waals surface area contributed by atoms with Crippen LogP contribution in [0.5, 0.6) is 0 Å². The number of carboxylic acid groups (broad SMARTS) is 1. The minimum absolute atomic E-state index is 0.101. The largest absolute Gasteiger partial charge is 0.481 e. The van der Waals surface area contributed by atoms with Gasteiger partial charge in [-0.25, -0.2) is 0 Å². The maximum atomic E-state index is 12.2. The lowest BCUT2D eigenvalue weighted by Crippen LogP contribution is -2.35.